The molecule has 14 heavy (non-hydrogen) atoms. The van der Waals surface area contributed by atoms with E-state index >= 15 is 0 Å². The van der Waals surface area contributed by atoms with E-state index in [0.717, 1.165) is 20.7 Å². The van der Waals surface area contributed by atoms with Crippen molar-refractivity contribution in [3.8, 4) is 0 Å². The van der Waals surface area contributed by atoms with E-state index in [4.69, 9.17) is 11.6 Å². The lowest BCUT2D eigenvalue weighted by Crippen LogP contribution is -2.27. The second-order valence-corrected chi connectivity index (χ2v) is 5.11. The lowest BCUT2D eigenvalue weighted by Gasteiger charge is -2.28. The van der Waals surface area contributed by atoms with Gasteiger partial charge in [0.1, 0.15) is 0 Å². The van der Waals surface area contributed by atoms with E-state index in [2.05, 4.69) is 27.3 Å². The first-order chi connectivity index (χ1) is 6.66. The van der Waals surface area contributed by atoms with Crippen LogP contribution >= 0.6 is 27.5 Å². The van der Waals surface area contributed by atoms with Gasteiger partial charge in [-0.1, -0.05) is 11.6 Å². The molecule has 76 valence electrons. The fraction of sp³-hybridized carbons (Fsp3) is 0.455. The van der Waals surface area contributed by atoms with Crippen molar-refractivity contribution in [2.45, 2.75) is 32.2 Å². The van der Waals surface area contributed by atoms with Gasteiger partial charge in [-0.05, 0) is 59.8 Å². The summed E-state index contributed by atoms with van der Waals surface area (Å²) in [6.45, 7) is 2.01. The Balaban J connectivity index is 2.19. The Bertz CT molecular complexity index is 347. The summed E-state index contributed by atoms with van der Waals surface area (Å²) in [7, 11) is 0. The molecule has 0 radical (unpaired) electrons. The van der Waals surface area contributed by atoms with Gasteiger partial charge in [0, 0.05) is 15.5 Å². The third kappa shape index (κ3) is 2.06. The highest BCUT2D eigenvalue weighted by Crippen LogP contribution is 2.32. The van der Waals surface area contributed by atoms with Gasteiger partial charge in [0.25, 0.3) is 0 Å². The SMILES string of the molecule is Cc1cc(Br)c(NC2CCC2)cc1Cl. The van der Waals surface area contributed by atoms with Crippen LogP contribution in [0.15, 0.2) is 16.6 Å². The molecule has 3 heteroatoms. The molecular weight excluding hydrogens is 261 g/mol. The number of nitrogens with one attached hydrogen (secondary N) is 1. The summed E-state index contributed by atoms with van der Waals surface area (Å²) in [6, 6.07) is 4.70. The van der Waals surface area contributed by atoms with E-state index < -0.39 is 0 Å². The third-order valence-electron chi connectivity index (χ3n) is 2.71. The maximum absolute atomic E-state index is 6.07. The Morgan fingerprint density at radius 1 is 1.43 bits per heavy atom. The summed E-state index contributed by atoms with van der Waals surface area (Å²) < 4.78 is 1.10. The lowest BCUT2D eigenvalue weighted by atomic mass is 9.93. The molecule has 1 aliphatic rings. The van der Waals surface area contributed by atoms with E-state index in [0.29, 0.717) is 6.04 Å². The van der Waals surface area contributed by atoms with Crippen molar-refractivity contribution in [3.63, 3.8) is 0 Å². The monoisotopic (exact) mass is 273 g/mol. The predicted octanol–water partition coefficient (Wildman–Crippen LogP) is 4.38. The Hall–Kier alpha value is -0.210. The molecule has 0 bridgehead atoms. The smallest absolute Gasteiger partial charge is 0.0501 e. The predicted molar refractivity (Wildman–Crippen MR) is 65.2 cm³/mol. The Morgan fingerprint density at radius 2 is 2.14 bits per heavy atom. The molecule has 0 heterocycles. The number of hydrogen-bond acceptors (Lipinski definition) is 1. The first kappa shape index (κ1) is 10.3. The summed E-state index contributed by atoms with van der Waals surface area (Å²) in [6.07, 6.45) is 3.89. The molecule has 1 aromatic rings. The third-order valence-corrected chi connectivity index (χ3v) is 3.78. The largest absolute Gasteiger partial charge is 0.381 e. The van der Waals surface area contributed by atoms with Gasteiger partial charge in [-0.2, -0.15) is 0 Å². The number of anilines is 1. The van der Waals surface area contributed by atoms with E-state index in [9.17, 15) is 0 Å². The molecule has 1 aliphatic carbocycles. The van der Waals surface area contributed by atoms with Crippen molar-refractivity contribution >= 4 is 33.2 Å². The number of aryl methyl sites for hydroxylation is 1. The molecule has 0 spiro atoms. The number of hydrogen-bond donors (Lipinski definition) is 1. The van der Waals surface area contributed by atoms with Gasteiger partial charge >= 0.3 is 0 Å². The molecule has 0 aliphatic heterocycles. The Morgan fingerprint density at radius 3 is 2.71 bits per heavy atom. The van der Waals surface area contributed by atoms with E-state index in [1.807, 2.05) is 13.0 Å². The molecule has 0 saturated heterocycles. The summed E-state index contributed by atoms with van der Waals surface area (Å²) in [5.41, 5.74) is 2.23. The normalized spacial score (nSPS) is 16.5. The molecule has 1 fully saturated rings. The standard InChI is InChI=1S/C11H13BrClN/c1-7-5-9(12)11(6-10(7)13)14-8-3-2-4-8/h5-6,8,14H,2-4H2,1H3. The van der Waals surface area contributed by atoms with Crippen LogP contribution in [0.2, 0.25) is 5.02 Å². The van der Waals surface area contributed by atoms with Gasteiger partial charge in [0.15, 0.2) is 0 Å². The van der Waals surface area contributed by atoms with Crippen molar-refractivity contribution < 1.29 is 0 Å². The van der Waals surface area contributed by atoms with Crippen molar-refractivity contribution in [1.29, 1.82) is 0 Å². The lowest BCUT2D eigenvalue weighted by molar-refractivity contribution is 0.445. The van der Waals surface area contributed by atoms with Gasteiger partial charge in [-0.3, -0.25) is 0 Å². The van der Waals surface area contributed by atoms with Crippen molar-refractivity contribution in [2.24, 2.45) is 0 Å². The van der Waals surface area contributed by atoms with Crippen LogP contribution in [0.3, 0.4) is 0 Å². The summed E-state index contributed by atoms with van der Waals surface area (Å²) in [5, 5.41) is 4.31. The molecule has 0 atom stereocenters. The maximum atomic E-state index is 6.07. The van der Waals surface area contributed by atoms with Crippen LogP contribution in [-0.2, 0) is 0 Å². The van der Waals surface area contributed by atoms with Crippen molar-refractivity contribution in [2.75, 3.05) is 5.32 Å². The van der Waals surface area contributed by atoms with Gasteiger partial charge in [0.2, 0.25) is 0 Å². The second kappa shape index (κ2) is 4.11. The van der Waals surface area contributed by atoms with Gasteiger partial charge < -0.3 is 5.32 Å². The minimum Gasteiger partial charge on any atom is -0.381 e. The molecule has 1 saturated carbocycles. The minimum atomic E-state index is 0.644. The summed E-state index contributed by atoms with van der Waals surface area (Å²) >= 11 is 9.61. The zero-order chi connectivity index (χ0) is 10.1. The Labute approximate surface area is 98.0 Å². The molecule has 1 aromatic carbocycles. The summed E-state index contributed by atoms with van der Waals surface area (Å²) in [4.78, 5) is 0. The molecule has 0 unspecified atom stereocenters. The van der Waals surface area contributed by atoms with Crippen LogP contribution in [0.1, 0.15) is 24.8 Å². The number of rotatable bonds is 2. The van der Waals surface area contributed by atoms with Gasteiger partial charge in [-0.25, -0.2) is 0 Å². The van der Waals surface area contributed by atoms with E-state index in [1.54, 1.807) is 0 Å². The minimum absolute atomic E-state index is 0.644. The second-order valence-electron chi connectivity index (χ2n) is 3.85. The topological polar surface area (TPSA) is 12.0 Å². The highest BCUT2D eigenvalue weighted by Gasteiger charge is 2.18. The van der Waals surface area contributed by atoms with Crippen LogP contribution in [-0.4, -0.2) is 6.04 Å². The van der Waals surface area contributed by atoms with Crippen molar-refractivity contribution in [3.05, 3.63) is 27.2 Å². The van der Waals surface area contributed by atoms with E-state index in [1.165, 1.54) is 19.3 Å². The molecule has 1 N–H and O–H groups in total. The average molecular weight is 275 g/mol. The van der Waals surface area contributed by atoms with Crippen LogP contribution < -0.4 is 5.32 Å². The molecule has 1 nitrogen and oxygen atoms in total. The number of halogens is 2. The fourth-order valence-corrected chi connectivity index (χ4v) is 2.27. The van der Waals surface area contributed by atoms with Crippen molar-refractivity contribution in [1.82, 2.24) is 0 Å². The molecule has 0 aromatic heterocycles. The van der Waals surface area contributed by atoms with Crippen LogP contribution in [0.5, 0.6) is 0 Å². The zero-order valence-electron chi connectivity index (χ0n) is 8.11. The molecular formula is C11H13BrClN. The van der Waals surface area contributed by atoms with Gasteiger partial charge in [0.05, 0.1) is 5.69 Å². The quantitative estimate of drug-likeness (QED) is 0.844. The van der Waals surface area contributed by atoms with Crippen LogP contribution in [0.25, 0.3) is 0 Å². The first-order valence-corrected chi connectivity index (χ1v) is 6.06. The fourth-order valence-electron chi connectivity index (χ4n) is 1.53. The van der Waals surface area contributed by atoms with Gasteiger partial charge in [-0.15, -0.1) is 0 Å². The molecule has 0 amide bonds. The zero-order valence-corrected chi connectivity index (χ0v) is 10.5. The molecule has 2 rings (SSSR count). The Kier molecular flexibility index (Phi) is 3.03. The first-order valence-electron chi connectivity index (χ1n) is 4.89. The number of benzene rings is 1. The highest BCUT2D eigenvalue weighted by molar-refractivity contribution is 9.10. The van der Waals surface area contributed by atoms with Crippen LogP contribution in [0.4, 0.5) is 5.69 Å². The summed E-state index contributed by atoms with van der Waals surface area (Å²) in [5.74, 6) is 0. The maximum Gasteiger partial charge on any atom is 0.0501 e. The van der Waals surface area contributed by atoms with Crippen LogP contribution in [0, 0.1) is 6.92 Å². The van der Waals surface area contributed by atoms with E-state index in [-0.39, 0.29) is 0 Å². The average Bonchev–Trinajstić information content (AvgIpc) is 2.06. The highest BCUT2D eigenvalue weighted by atomic mass is 79.9.